The van der Waals surface area contributed by atoms with Gasteiger partial charge in [-0.15, -0.1) is 6.58 Å². The first-order chi connectivity index (χ1) is 7.29. The van der Waals surface area contributed by atoms with Crippen LogP contribution in [0.2, 0.25) is 0 Å². The van der Waals surface area contributed by atoms with Crippen molar-refractivity contribution >= 4 is 0 Å². The Bertz CT molecular complexity index is 307. The number of hydrogen-bond donors (Lipinski definition) is 1. The molecule has 1 atom stereocenters. The van der Waals surface area contributed by atoms with E-state index in [-0.39, 0.29) is 0 Å². The van der Waals surface area contributed by atoms with E-state index in [0.29, 0.717) is 6.04 Å². The molecule has 0 saturated heterocycles. The number of aromatic nitrogens is 1. The quantitative estimate of drug-likeness (QED) is 0.720. The first-order valence-electron chi connectivity index (χ1n) is 5.54. The molecule has 0 radical (unpaired) electrons. The van der Waals surface area contributed by atoms with Crippen LogP contribution in [0.5, 0.6) is 0 Å². The molecule has 0 saturated carbocycles. The molecule has 1 heterocycles. The van der Waals surface area contributed by atoms with E-state index in [4.69, 9.17) is 0 Å². The second kappa shape index (κ2) is 6.36. The van der Waals surface area contributed by atoms with Crippen LogP contribution in [0.1, 0.15) is 36.9 Å². The molecule has 1 rings (SSSR count). The largest absolute Gasteiger partial charge is 0.310 e. The molecule has 1 aromatic rings. The lowest BCUT2D eigenvalue weighted by Gasteiger charge is -2.18. The van der Waals surface area contributed by atoms with Crippen molar-refractivity contribution in [3.8, 4) is 0 Å². The van der Waals surface area contributed by atoms with Gasteiger partial charge in [0.2, 0.25) is 0 Å². The van der Waals surface area contributed by atoms with Crippen LogP contribution in [-0.2, 0) is 0 Å². The molecular weight excluding hydrogens is 184 g/mol. The number of nitrogens with one attached hydrogen (secondary N) is 1. The summed E-state index contributed by atoms with van der Waals surface area (Å²) in [6, 6.07) is 2.41. The van der Waals surface area contributed by atoms with E-state index in [2.05, 4.69) is 36.8 Å². The SMILES string of the molecule is C=CCC(NCCC)c1cnccc1C. The van der Waals surface area contributed by atoms with Gasteiger partial charge in [0.25, 0.3) is 0 Å². The van der Waals surface area contributed by atoms with E-state index in [1.54, 1.807) is 0 Å². The van der Waals surface area contributed by atoms with Gasteiger partial charge in [-0.05, 0) is 43.5 Å². The molecular formula is C13H20N2. The van der Waals surface area contributed by atoms with Gasteiger partial charge in [0.1, 0.15) is 0 Å². The Kier molecular flexibility index (Phi) is 5.05. The molecule has 0 bridgehead atoms. The Labute approximate surface area is 92.4 Å². The molecule has 0 aromatic carbocycles. The number of hydrogen-bond acceptors (Lipinski definition) is 2. The molecule has 1 N–H and O–H groups in total. The van der Waals surface area contributed by atoms with Crippen molar-refractivity contribution in [2.45, 2.75) is 32.7 Å². The lowest BCUT2D eigenvalue weighted by Crippen LogP contribution is -2.22. The second-order valence-electron chi connectivity index (χ2n) is 3.76. The van der Waals surface area contributed by atoms with Gasteiger partial charge in [0.05, 0.1) is 0 Å². The third-order valence-electron chi connectivity index (χ3n) is 2.50. The molecule has 0 aliphatic rings. The summed E-state index contributed by atoms with van der Waals surface area (Å²) >= 11 is 0. The maximum Gasteiger partial charge on any atom is 0.0372 e. The molecule has 15 heavy (non-hydrogen) atoms. The van der Waals surface area contributed by atoms with Crippen LogP contribution < -0.4 is 5.32 Å². The van der Waals surface area contributed by atoms with E-state index in [1.165, 1.54) is 11.1 Å². The van der Waals surface area contributed by atoms with Crippen LogP contribution in [0.15, 0.2) is 31.1 Å². The number of pyridine rings is 1. The highest BCUT2D eigenvalue weighted by molar-refractivity contribution is 5.25. The zero-order valence-corrected chi connectivity index (χ0v) is 9.66. The normalized spacial score (nSPS) is 12.4. The number of rotatable bonds is 6. The first-order valence-corrected chi connectivity index (χ1v) is 5.54. The lowest BCUT2D eigenvalue weighted by atomic mass is 10.0. The highest BCUT2D eigenvalue weighted by Gasteiger charge is 2.10. The highest BCUT2D eigenvalue weighted by Crippen LogP contribution is 2.19. The average Bonchev–Trinajstić information content (AvgIpc) is 2.25. The van der Waals surface area contributed by atoms with Gasteiger partial charge >= 0.3 is 0 Å². The standard InChI is InChI=1S/C13H20N2/c1-4-6-13(15-8-5-2)12-10-14-9-7-11(12)3/h4,7,9-10,13,15H,1,5-6,8H2,2-3H3. The lowest BCUT2D eigenvalue weighted by molar-refractivity contribution is 0.533. The van der Waals surface area contributed by atoms with E-state index < -0.39 is 0 Å². The molecule has 82 valence electrons. The van der Waals surface area contributed by atoms with Gasteiger partial charge in [-0.2, -0.15) is 0 Å². The van der Waals surface area contributed by atoms with Gasteiger partial charge in [0, 0.05) is 18.4 Å². The van der Waals surface area contributed by atoms with E-state index in [0.717, 1.165) is 19.4 Å². The van der Waals surface area contributed by atoms with Crippen molar-refractivity contribution in [3.05, 3.63) is 42.2 Å². The van der Waals surface area contributed by atoms with Crippen LogP contribution in [0.3, 0.4) is 0 Å². The minimum absolute atomic E-state index is 0.358. The van der Waals surface area contributed by atoms with E-state index >= 15 is 0 Å². The predicted molar refractivity (Wildman–Crippen MR) is 64.8 cm³/mol. The Balaban J connectivity index is 2.78. The number of aryl methyl sites for hydroxylation is 1. The highest BCUT2D eigenvalue weighted by atomic mass is 14.9. The van der Waals surface area contributed by atoms with Crippen molar-refractivity contribution in [3.63, 3.8) is 0 Å². The summed E-state index contributed by atoms with van der Waals surface area (Å²) in [7, 11) is 0. The first kappa shape index (κ1) is 11.9. The Morgan fingerprint density at radius 3 is 3.00 bits per heavy atom. The zero-order chi connectivity index (χ0) is 11.1. The van der Waals surface area contributed by atoms with E-state index in [1.807, 2.05) is 18.5 Å². The van der Waals surface area contributed by atoms with Crippen molar-refractivity contribution in [2.24, 2.45) is 0 Å². The fourth-order valence-corrected chi connectivity index (χ4v) is 1.65. The van der Waals surface area contributed by atoms with Crippen molar-refractivity contribution in [2.75, 3.05) is 6.54 Å². The minimum Gasteiger partial charge on any atom is -0.310 e. The van der Waals surface area contributed by atoms with Crippen LogP contribution in [0.25, 0.3) is 0 Å². The monoisotopic (exact) mass is 204 g/mol. The van der Waals surface area contributed by atoms with Crippen LogP contribution in [-0.4, -0.2) is 11.5 Å². The van der Waals surface area contributed by atoms with Gasteiger partial charge in [-0.3, -0.25) is 4.98 Å². The predicted octanol–water partition coefficient (Wildman–Crippen LogP) is 3.01. The molecule has 2 heteroatoms. The summed E-state index contributed by atoms with van der Waals surface area (Å²) in [5, 5.41) is 3.52. The molecule has 0 spiro atoms. The third-order valence-corrected chi connectivity index (χ3v) is 2.50. The Hall–Kier alpha value is -1.15. The van der Waals surface area contributed by atoms with Gasteiger partial charge in [0.15, 0.2) is 0 Å². The molecule has 0 aliphatic heterocycles. The summed E-state index contributed by atoms with van der Waals surface area (Å²) < 4.78 is 0. The molecule has 0 aliphatic carbocycles. The fraction of sp³-hybridized carbons (Fsp3) is 0.462. The van der Waals surface area contributed by atoms with Crippen molar-refractivity contribution in [1.82, 2.24) is 10.3 Å². The third kappa shape index (κ3) is 3.48. The van der Waals surface area contributed by atoms with Crippen LogP contribution in [0.4, 0.5) is 0 Å². The summed E-state index contributed by atoms with van der Waals surface area (Å²) in [5.41, 5.74) is 2.58. The number of nitrogens with zero attached hydrogens (tertiary/aromatic N) is 1. The van der Waals surface area contributed by atoms with Crippen molar-refractivity contribution < 1.29 is 0 Å². The maximum absolute atomic E-state index is 4.18. The minimum atomic E-state index is 0.358. The zero-order valence-electron chi connectivity index (χ0n) is 9.66. The van der Waals surface area contributed by atoms with Gasteiger partial charge in [-0.1, -0.05) is 13.0 Å². The van der Waals surface area contributed by atoms with Crippen LogP contribution in [0, 0.1) is 6.92 Å². The average molecular weight is 204 g/mol. The molecule has 0 amide bonds. The Morgan fingerprint density at radius 2 is 2.40 bits per heavy atom. The molecule has 1 unspecified atom stereocenters. The maximum atomic E-state index is 4.18. The summed E-state index contributed by atoms with van der Waals surface area (Å²) in [5.74, 6) is 0. The van der Waals surface area contributed by atoms with Gasteiger partial charge in [-0.25, -0.2) is 0 Å². The Morgan fingerprint density at radius 1 is 1.60 bits per heavy atom. The fourth-order valence-electron chi connectivity index (χ4n) is 1.65. The molecule has 0 fully saturated rings. The summed E-state index contributed by atoms with van der Waals surface area (Å²) in [4.78, 5) is 4.18. The molecule has 2 nitrogen and oxygen atoms in total. The topological polar surface area (TPSA) is 24.9 Å². The van der Waals surface area contributed by atoms with Gasteiger partial charge < -0.3 is 5.32 Å². The van der Waals surface area contributed by atoms with Crippen molar-refractivity contribution in [1.29, 1.82) is 0 Å². The summed E-state index contributed by atoms with van der Waals surface area (Å²) in [6.07, 6.45) is 7.84. The molecule has 1 aromatic heterocycles. The van der Waals surface area contributed by atoms with E-state index in [9.17, 15) is 0 Å². The van der Waals surface area contributed by atoms with Crippen LogP contribution >= 0.6 is 0 Å². The summed E-state index contributed by atoms with van der Waals surface area (Å²) in [6.45, 7) is 9.14. The second-order valence-corrected chi connectivity index (χ2v) is 3.76. The smallest absolute Gasteiger partial charge is 0.0372 e.